The van der Waals surface area contributed by atoms with E-state index in [0.29, 0.717) is 0 Å². The zero-order chi connectivity index (χ0) is 13.2. The zero-order valence-electron chi connectivity index (χ0n) is 9.89. The quantitative estimate of drug-likeness (QED) is 0.747. The molecule has 0 saturated carbocycles. The topological polar surface area (TPSA) is 101 Å². The van der Waals surface area contributed by atoms with Crippen molar-refractivity contribution in [3.8, 4) is 0 Å². The van der Waals surface area contributed by atoms with Crippen molar-refractivity contribution in [2.24, 2.45) is 7.05 Å². The monoisotopic (exact) mass is 261 g/mol. The van der Waals surface area contributed by atoms with Gasteiger partial charge in [-0.1, -0.05) is 0 Å². The van der Waals surface area contributed by atoms with Crippen molar-refractivity contribution in [1.29, 1.82) is 0 Å². The minimum Gasteiger partial charge on any atom is -0.480 e. The van der Waals surface area contributed by atoms with E-state index in [4.69, 9.17) is 5.11 Å². The van der Waals surface area contributed by atoms with Crippen LogP contribution in [0.3, 0.4) is 0 Å². The Kier molecular flexibility index (Phi) is 3.89. The number of aryl methyl sites for hydroxylation is 2. The van der Waals surface area contributed by atoms with Crippen LogP contribution in [0.2, 0.25) is 0 Å². The third kappa shape index (κ3) is 3.53. The number of nitrogens with one attached hydrogen (secondary N) is 1. The number of carbonyl (C=O) groups is 1. The van der Waals surface area contributed by atoms with E-state index in [1.165, 1.54) is 0 Å². The average molecular weight is 261 g/mol. The van der Waals surface area contributed by atoms with E-state index in [1.54, 1.807) is 18.7 Å². The molecule has 0 aliphatic rings. The standard InChI is InChI=1S/C9H15N3O4S/c1-6-8(7(2)12(3)11-6)4-10-17(15,16)5-9(13)14/h10H,4-5H2,1-3H3,(H,13,14). The Labute approximate surface area is 99.5 Å². The number of nitrogens with zero attached hydrogens (tertiary/aromatic N) is 2. The van der Waals surface area contributed by atoms with Gasteiger partial charge in [-0.15, -0.1) is 0 Å². The van der Waals surface area contributed by atoms with E-state index >= 15 is 0 Å². The van der Waals surface area contributed by atoms with Crippen LogP contribution >= 0.6 is 0 Å². The second-order valence-electron chi connectivity index (χ2n) is 3.75. The van der Waals surface area contributed by atoms with E-state index in [0.717, 1.165) is 17.0 Å². The fourth-order valence-corrected chi connectivity index (χ4v) is 2.26. The molecule has 0 amide bonds. The van der Waals surface area contributed by atoms with Crippen LogP contribution in [0.5, 0.6) is 0 Å². The number of rotatable bonds is 5. The first-order valence-electron chi connectivity index (χ1n) is 4.91. The number of hydrogen-bond acceptors (Lipinski definition) is 4. The van der Waals surface area contributed by atoms with Crippen LogP contribution in [0.15, 0.2) is 0 Å². The van der Waals surface area contributed by atoms with E-state index in [-0.39, 0.29) is 6.54 Å². The van der Waals surface area contributed by atoms with E-state index in [9.17, 15) is 13.2 Å². The first kappa shape index (κ1) is 13.7. The van der Waals surface area contributed by atoms with Crippen LogP contribution in [0.4, 0.5) is 0 Å². The molecular weight excluding hydrogens is 246 g/mol. The van der Waals surface area contributed by atoms with Gasteiger partial charge >= 0.3 is 5.97 Å². The number of hydrogen-bond donors (Lipinski definition) is 2. The van der Waals surface area contributed by atoms with Gasteiger partial charge in [0.05, 0.1) is 5.69 Å². The van der Waals surface area contributed by atoms with Crippen LogP contribution < -0.4 is 4.72 Å². The molecule has 17 heavy (non-hydrogen) atoms. The molecule has 2 N–H and O–H groups in total. The van der Waals surface area contributed by atoms with Gasteiger partial charge < -0.3 is 5.11 Å². The van der Waals surface area contributed by atoms with Crippen molar-refractivity contribution in [3.63, 3.8) is 0 Å². The number of aliphatic carboxylic acids is 1. The summed E-state index contributed by atoms with van der Waals surface area (Å²) in [7, 11) is -2.03. The van der Waals surface area contributed by atoms with E-state index in [2.05, 4.69) is 9.82 Å². The summed E-state index contributed by atoms with van der Waals surface area (Å²) in [4.78, 5) is 10.3. The van der Waals surface area contributed by atoms with Gasteiger partial charge in [0.2, 0.25) is 10.0 Å². The molecule has 0 aromatic carbocycles. The van der Waals surface area contributed by atoms with E-state index in [1.807, 2.05) is 6.92 Å². The molecule has 0 spiro atoms. The van der Waals surface area contributed by atoms with Gasteiger partial charge in [0.25, 0.3) is 0 Å². The molecule has 96 valence electrons. The number of aromatic nitrogens is 2. The van der Waals surface area contributed by atoms with Crippen molar-refractivity contribution in [1.82, 2.24) is 14.5 Å². The Hall–Kier alpha value is -1.41. The summed E-state index contributed by atoms with van der Waals surface area (Å²) in [5.41, 5.74) is 2.34. The highest BCUT2D eigenvalue weighted by atomic mass is 32.2. The van der Waals surface area contributed by atoms with Gasteiger partial charge in [-0.2, -0.15) is 5.10 Å². The highest BCUT2D eigenvalue weighted by Crippen LogP contribution is 2.11. The van der Waals surface area contributed by atoms with Crippen LogP contribution in [0.25, 0.3) is 0 Å². The largest absolute Gasteiger partial charge is 0.480 e. The lowest BCUT2D eigenvalue weighted by Gasteiger charge is -2.05. The lowest BCUT2D eigenvalue weighted by atomic mass is 10.2. The van der Waals surface area contributed by atoms with Crippen molar-refractivity contribution in [3.05, 3.63) is 17.0 Å². The molecular formula is C9H15N3O4S. The Morgan fingerprint density at radius 3 is 2.47 bits per heavy atom. The molecule has 1 rings (SSSR count). The summed E-state index contributed by atoms with van der Waals surface area (Å²) in [6.45, 7) is 3.65. The fraction of sp³-hybridized carbons (Fsp3) is 0.556. The molecule has 8 heteroatoms. The highest BCUT2D eigenvalue weighted by molar-refractivity contribution is 7.90. The Morgan fingerprint density at radius 1 is 1.47 bits per heavy atom. The van der Waals surface area contributed by atoms with Gasteiger partial charge in [0.15, 0.2) is 5.75 Å². The van der Waals surface area contributed by atoms with Crippen LogP contribution in [0, 0.1) is 13.8 Å². The van der Waals surface area contributed by atoms with Crippen LogP contribution in [-0.4, -0.2) is 35.0 Å². The summed E-state index contributed by atoms with van der Waals surface area (Å²) in [5.74, 6) is -2.30. The average Bonchev–Trinajstić information content (AvgIpc) is 2.37. The third-order valence-electron chi connectivity index (χ3n) is 2.44. The summed E-state index contributed by atoms with van der Waals surface area (Å²) >= 11 is 0. The minimum absolute atomic E-state index is 0.0567. The maximum absolute atomic E-state index is 11.3. The molecule has 0 atom stereocenters. The lowest BCUT2D eigenvalue weighted by molar-refractivity contribution is -0.134. The molecule has 0 unspecified atom stereocenters. The predicted molar refractivity (Wildman–Crippen MR) is 60.9 cm³/mol. The summed E-state index contributed by atoms with van der Waals surface area (Å²) in [5, 5.41) is 12.6. The van der Waals surface area contributed by atoms with Crippen molar-refractivity contribution < 1.29 is 18.3 Å². The van der Waals surface area contributed by atoms with Gasteiger partial charge in [-0.05, 0) is 13.8 Å². The molecule has 0 fully saturated rings. The Morgan fingerprint density at radius 2 is 2.06 bits per heavy atom. The molecule has 0 aliphatic carbocycles. The van der Waals surface area contributed by atoms with Gasteiger partial charge in [-0.25, -0.2) is 13.1 Å². The normalized spacial score (nSPS) is 11.7. The molecule has 1 aromatic heterocycles. The maximum Gasteiger partial charge on any atom is 0.320 e. The van der Waals surface area contributed by atoms with Crippen LogP contribution in [0.1, 0.15) is 17.0 Å². The highest BCUT2D eigenvalue weighted by Gasteiger charge is 2.17. The first-order chi connectivity index (χ1) is 7.73. The fourth-order valence-electron chi connectivity index (χ4n) is 1.47. The maximum atomic E-state index is 11.3. The SMILES string of the molecule is Cc1nn(C)c(C)c1CNS(=O)(=O)CC(=O)O. The number of sulfonamides is 1. The Bertz CT molecular complexity index is 533. The van der Waals surface area contributed by atoms with E-state index < -0.39 is 21.7 Å². The molecule has 7 nitrogen and oxygen atoms in total. The predicted octanol–water partition coefficient (Wildman–Crippen LogP) is -0.459. The molecule has 0 aliphatic heterocycles. The lowest BCUT2D eigenvalue weighted by Crippen LogP contribution is -2.29. The number of carboxylic acid groups (broad SMARTS) is 1. The van der Waals surface area contributed by atoms with Crippen molar-refractivity contribution in [2.75, 3.05) is 5.75 Å². The summed E-state index contributed by atoms with van der Waals surface area (Å²) in [6.07, 6.45) is 0. The third-order valence-corrected chi connectivity index (χ3v) is 3.65. The molecule has 0 radical (unpaired) electrons. The second-order valence-corrected chi connectivity index (χ2v) is 5.55. The Balaban J connectivity index is 2.77. The molecule has 1 aromatic rings. The van der Waals surface area contributed by atoms with Gasteiger partial charge in [0.1, 0.15) is 0 Å². The second kappa shape index (κ2) is 4.84. The van der Waals surface area contributed by atoms with Gasteiger partial charge in [-0.3, -0.25) is 9.48 Å². The zero-order valence-corrected chi connectivity index (χ0v) is 10.7. The molecule has 0 saturated heterocycles. The minimum atomic E-state index is -3.79. The van der Waals surface area contributed by atoms with Crippen molar-refractivity contribution in [2.45, 2.75) is 20.4 Å². The van der Waals surface area contributed by atoms with Gasteiger partial charge in [0, 0.05) is 24.8 Å². The smallest absolute Gasteiger partial charge is 0.320 e. The van der Waals surface area contributed by atoms with Crippen molar-refractivity contribution >= 4 is 16.0 Å². The first-order valence-corrected chi connectivity index (χ1v) is 6.56. The summed E-state index contributed by atoms with van der Waals surface area (Å²) < 4.78 is 26.5. The summed E-state index contributed by atoms with van der Waals surface area (Å²) in [6, 6.07) is 0. The molecule has 0 bridgehead atoms. The number of carboxylic acids is 1. The molecule has 1 heterocycles. The van der Waals surface area contributed by atoms with Crippen LogP contribution in [-0.2, 0) is 28.4 Å².